The van der Waals surface area contributed by atoms with E-state index in [2.05, 4.69) is 20.8 Å². The van der Waals surface area contributed by atoms with Gasteiger partial charge in [-0.1, -0.05) is 51.1 Å². The Hall–Kier alpha value is -1.61. The summed E-state index contributed by atoms with van der Waals surface area (Å²) >= 11 is 0. The van der Waals surface area contributed by atoms with Gasteiger partial charge in [0, 0.05) is 4.90 Å². The lowest BCUT2D eigenvalue weighted by molar-refractivity contribution is 0.442. The van der Waals surface area contributed by atoms with Crippen molar-refractivity contribution in [1.82, 2.24) is 0 Å². The molecule has 1 N–H and O–H groups in total. The van der Waals surface area contributed by atoms with Crippen LogP contribution in [0.3, 0.4) is 0 Å². The van der Waals surface area contributed by atoms with E-state index in [1.54, 1.807) is 0 Å². The minimum absolute atomic E-state index is 0.140. The van der Waals surface area contributed by atoms with Crippen molar-refractivity contribution in [3.63, 3.8) is 0 Å². The molecular weight excluding hydrogens is 280 g/mol. The normalized spacial score (nSPS) is 13.1. The highest BCUT2D eigenvalue weighted by Crippen LogP contribution is 2.34. The second-order valence-electron chi connectivity index (χ2n) is 6.36. The van der Waals surface area contributed by atoms with Crippen LogP contribution >= 0.6 is 0 Å². The highest BCUT2D eigenvalue weighted by atomic mass is 32.2. The van der Waals surface area contributed by atoms with Gasteiger partial charge in [-0.05, 0) is 41.2 Å². The van der Waals surface area contributed by atoms with Gasteiger partial charge in [-0.2, -0.15) is 0 Å². The van der Waals surface area contributed by atoms with E-state index in [1.165, 1.54) is 0 Å². The van der Waals surface area contributed by atoms with Gasteiger partial charge in [-0.15, -0.1) is 0 Å². The summed E-state index contributed by atoms with van der Waals surface area (Å²) in [4.78, 5) is 0.834. The van der Waals surface area contributed by atoms with E-state index in [0.29, 0.717) is 11.5 Å². The molecule has 0 aliphatic carbocycles. The van der Waals surface area contributed by atoms with Gasteiger partial charge < -0.3 is 5.11 Å². The molecule has 21 heavy (non-hydrogen) atoms. The summed E-state index contributed by atoms with van der Waals surface area (Å²) in [5.41, 5.74) is 2.60. The highest BCUT2D eigenvalue weighted by molar-refractivity contribution is 7.84. The third-order valence-corrected chi connectivity index (χ3v) is 4.87. The van der Waals surface area contributed by atoms with E-state index in [0.717, 1.165) is 21.6 Å². The van der Waals surface area contributed by atoms with Gasteiger partial charge in [-0.3, -0.25) is 4.21 Å². The van der Waals surface area contributed by atoms with E-state index in [1.807, 2.05) is 49.4 Å². The van der Waals surface area contributed by atoms with Crippen LogP contribution in [0.25, 0.3) is 0 Å². The fraction of sp³-hybridized carbons (Fsp3) is 0.333. The topological polar surface area (TPSA) is 37.3 Å². The molecule has 0 radical (unpaired) electrons. The number of hydrogen-bond donors (Lipinski definition) is 1. The maximum absolute atomic E-state index is 12.4. The Kier molecular flexibility index (Phi) is 4.52. The van der Waals surface area contributed by atoms with Gasteiger partial charge in [0.05, 0.1) is 16.6 Å². The van der Waals surface area contributed by atoms with E-state index in [-0.39, 0.29) is 5.41 Å². The average molecular weight is 302 g/mol. The number of phenols is 1. The molecule has 3 heteroatoms. The molecule has 0 amide bonds. The van der Waals surface area contributed by atoms with Gasteiger partial charge in [0.2, 0.25) is 0 Å². The smallest absolute Gasteiger partial charge is 0.122 e. The van der Waals surface area contributed by atoms with Crippen LogP contribution in [0.15, 0.2) is 47.4 Å². The molecule has 2 aromatic carbocycles. The van der Waals surface area contributed by atoms with Gasteiger partial charge in [0.25, 0.3) is 0 Å². The van der Waals surface area contributed by atoms with Gasteiger partial charge in [0.1, 0.15) is 5.75 Å². The number of rotatable bonds is 3. The average Bonchev–Trinajstić information content (AvgIpc) is 2.42. The number of benzene rings is 2. The van der Waals surface area contributed by atoms with Crippen molar-refractivity contribution >= 4 is 10.8 Å². The largest absolute Gasteiger partial charge is 0.507 e. The third-order valence-electron chi connectivity index (χ3n) is 3.47. The van der Waals surface area contributed by atoms with Crippen LogP contribution in [0.5, 0.6) is 5.75 Å². The summed E-state index contributed by atoms with van der Waals surface area (Å²) in [5, 5.41) is 10.2. The second-order valence-corrected chi connectivity index (χ2v) is 7.81. The van der Waals surface area contributed by atoms with Crippen molar-refractivity contribution in [3.8, 4) is 5.75 Å². The molecule has 0 aliphatic rings. The molecule has 0 aromatic heterocycles. The van der Waals surface area contributed by atoms with Crippen LogP contribution < -0.4 is 0 Å². The number of aryl methyl sites for hydroxylation is 1. The van der Waals surface area contributed by atoms with E-state index in [4.69, 9.17) is 0 Å². The van der Waals surface area contributed by atoms with Crippen molar-refractivity contribution in [1.29, 1.82) is 0 Å². The Balaban J connectivity index is 2.34. The summed E-state index contributed by atoms with van der Waals surface area (Å²) in [5.74, 6) is 0.811. The minimum atomic E-state index is -1.07. The molecule has 0 aliphatic heterocycles. The first-order chi connectivity index (χ1) is 9.79. The SMILES string of the molecule is Cc1cc(CS(=O)c2ccccc2)cc(C(C)(C)C)c1O. The molecule has 1 atom stereocenters. The predicted molar refractivity (Wildman–Crippen MR) is 88.1 cm³/mol. The van der Waals surface area contributed by atoms with Crippen LogP contribution in [-0.4, -0.2) is 9.32 Å². The molecule has 0 saturated carbocycles. The fourth-order valence-electron chi connectivity index (χ4n) is 2.32. The van der Waals surface area contributed by atoms with Crippen molar-refractivity contribution in [3.05, 3.63) is 59.2 Å². The van der Waals surface area contributed by atoms with Crippen molar-refractivity contribution in [2.24, 2.45) is 0 Å². The molecule has 0 fully saturated rings. The number of hydrogen-bond acceptors (Lipinski definition) is 2. The zero-order valence-corrected chi connectivity index (χ0v) is 13.8. The molecule has 0 heterocycles. The summed E-state index contributed by atoms with van der Waals surface area (Å²) in [7, 11) is -1.07. The molecule has 1 unspecified atom stereocenters. The van der Waals surface area contributed by atoms with E-state index < -0.39 is 10.8 Å². The van der Waals surface area contributed by atoms with E-state index in [9.17, 15) is 9.32 Å². The molecule has 2 rings (SSSR count). The first-order valence-corrected chi connectivity index (χ1v) is 8.37. The first kappa shape index (κ1) is 15.8. The summed E-state index contributed by atoms with van der Waals surface area (Å²) in [6, 6.07) is 13.4. The lowest BCUT2D eigenvalue weighted by atomic mass is 9.84. The van der Waals surface area contributed by atoms with Gasteiger partial charge in [-0.25, -0.2) is 0 Å². The van der Waals surface area contributed by atoms with Crippen LogP contribution in [0.4, 0.5) is 0 Å². The Bertz CT molecular complexity index is 655. The van der Waals surface area contributed by atoms with Crippen LogP contribution in [0.2, 0.25) is 0 Å². The molecule has 2 aromatic rings. The fourth-order valence-corrected chi connectivity index (χ4v) is 3.41. The van der Waals surface area contributed by atoms with Crippen molar-refractivity contribution < 1.29 is 9.32 Å². The molecule has 112 valence electrons. The lowest BCUT2D eigenvalue weighted by Gasteiger charge is -2.22. The summed E-state index contributed by atoms with van der Waals surface area (Å²) in [6.45, 7) is 8.10. The molecular formula is C18H22O2S. The second kappa shape index (κ2) is 6.02. The number of phenolic OH excluding ortho intramolecular Hbond substituents is 1. The first-order valence-electron chi connectivity index (χ1n) is 7.05. The Morgan fingerprint density at radius 1 is 1.10 bits per heavy atom. The quantitative estimate of drug-likeness (QED) is 0.917. The van der Waals surface area contributed by atoms with Crippen LogP contribution in [-0.2, 0) is 22.0 Å². The van der Waals surface area contributed by atoms with Gasteiger partial charge >= 0.3 is 0 Å². The molecule has 0 bridgehead atoms. The summed E-state index contributed by atoms with van der Waals surface area (Å²) < 4.78 is 12.4. The molecule has 0 spiro atoms. The van der Waals surface area contributed by atoms with Crippen LogP contribution in [0.1, 0.15) is 37.5 Å². The zero-order chi connectivity index (χ0) is 15.6. The predicted octanol–water partition coefficient (Wildman–Crippen LogP) is 4.31. The Labute approximate surface area is 129 Å². The molecule has 2 nitrogen and oxygen atoms in total. The standard InChI is InChI=1S/C18H22O2S/c1-13-10-14(11-16(17(13)19)18(2,3)4)12-21(20)15-8-6-5-7-9-15/h5-11,19H,12H2,1-4H3. The van der Waals surface area contributed by atoms with Crippen molar-refractivity contribution in [2.75, 3.05) is 0 Å². The monoisotopic (exact) mass is 302 g/mol. The maximum atomic E-state index is 12.4. The van der Waals surface area contributed by atoms with Gasteiger partial charge in [0.15, 0.2) is 0 Å². The van der Waals surface area contributed by atoms with Crippen molar-refractivity contribution in [2.45, 2.75) is 43.8 Å². The highest BCUT2D eigenvalue weighted by Gasteiger charge is 2.20. The number of aromatic hydroxyl groups is 1. The third kappa shape index (κ3) is 3.73. The summed E-state index contributed by atoms with van der Waals surface area (Å²) in [6.07, 6.45) is 0. The zero-order valence-electron chi connectivity index (χ0n) is 13.0. The van der Waals surface area contributed by atoms with Crippen LogP contribution in [0, 0.1) is 6.92 Å². The van der Waals surface area contributed by atoms with E-state index >= 15 is 0 Å². The molecule has 0 saturated heterocycles. The Morgan fingerprint density at radius 2 is 1.71 bits per heavy atom. The minimum Gasteiger partial charge on any atom is -0.507 e. The Morgan fingerprint density at radius 3 is 2.29 bits per heavy atom. The lowest BCUT2D eigenvalue weighted by Crippen LogP contribution is -2.13. The maximum Gasteiger partial charge on any atom is 0.122 e.